The van der Waals surface area contributed by atoms with Crippen molar-refractivity contribution in [2.75, 3.05) is 38.3 Å². The number of anilines is 1. The molecule has 7 heteroatoms. The van der Waals surface area contributed by atoms with Crippen molar-refractivity contribution < 1.29 is 23.5 Å². The van der Waals surface area contributed by atoms with Crippen LogP contribution in [0.3, 0.4) is 0 Å². The Bertz CT molecular complexity index is 950. The molecule has 0 radical (unpaired) electrons. The zero-order chi connectivity index (χ0) is 20.6. The molecule has 2 aromatic carbocycles. The van der Waals surface area contributed by atoms with Crippen LogP contribution in [0.1, 0.15) is 21.5 Å². The Morgan fingerprint density at radius 3 is 2.55 bits per heavy atom. The number of hydrogen-bond acceptors (Lipinski definition) is 4. The molecule has 1 spiro atoms. The van der Waals surface area contributed by atoms with Gasteiger partial charge in [0.15, 0.2) is 0 Å². The van der Waals surface area contributed by atoms with Gasteiger partial charge in [0.2, 0.25) is 0 Å². The summed E-state index contributed by atoms with van der Waals surface area (Å²) in [5, 5.41) is 0. The molecule has 0 N–H and O–H groups in total. The highest BCUT2D eigenvalue weighted by molar-refractivity contribution is 5.93. The third-order valence-corrected chi connectivity index (χ3v) is 5.49. The van der Waals surface area contributed by atoms with Crippen LogP contribution in [0.25, 0.3) is 0 Å². The number of carbonyl (C=O) groups excluding carboxylic acids is 2. The van der Waals surface area contributed by atoms with Crippen LogP contribution in [0.2, 0.25) is 0 Å². The van der Waals surface area contributed by atoms with E-state index in [9.17, 15) is 14.0 Å². The summed E-state index contributed by atoms with van der Waals surface area (Å²) in [6.07, 6.45) is 0. The highest BCUT2D eigenvalue weighted by Crippen LogP contribution is 2.38. The van der Waals surface area contributed by atoms with Crippen molar-refractivity contribution in [1.82, 2.24) is 4.90 Å². The van der Waals surface area contributed by atoms with E-state index in [0.717, 1.165) is 11.6 Å². The van der Waals surface area contributed by atoms with Crippen molar-refractivity contribution in [3.8, 4) is 0 Å². The monoisotopic (exact) mass is 398 g/mol. The lowest BCUT2D eigenvalue weighted by Crippen LogP contribution is -2.68. The van der Waals surface area contributed by atoms with Gasteiger partial charge >= 0.3 is 12.0 Å². The lowest BCUT2D eigenvalue weighted by atomic mass is 9.78. The Morgan fingerprint density at radius 1 is 1.21 bits per heavy atom. The van der Waals surface area contributed by atoms with E-state index in [-0.39, 0.29) is 23.6 Å². The van der Waals surface area contributed by atoms with Gasteiger partial charge in [-0.2, -0.15) is 0 Å². The van der Waals surface area contributed by atoms with E-state index >= 15 is 0 Å². The minimum Gasteiger partial charge on any atom is -0.465 e. The number of aryl methyl sites for hydroxylation is 1. The van der Waals surface area contributed by atoms with Gasteiger partial charge in [-0.25, -0.2) is 14.0 Å². The maximum absolute atomic E-state index is 14.7. The number of amides is 2. The molecule has 0 unspecified atom stereocenters. The molecule has 2 aromatic rings. The minimum atomic E-state index is -0.601. The van der Waals surface area contributed by atoms with Gasteiger partial charge in [0.25, 0.3) is 0 Å². The van der Waals surface area contributed by atoms with E-state index in [4.69, 9.17) is 4.74 Å². The summed E-state index contributed by atoms with van der Waals surface area (Å²) in [5.74, 6) is -1.15. The molecule has 0 bridgehead atoms. The van der Waals surface area contributed by atoms with E-state index in [1.54, 1.807) is 9.80 Å². The molecule has 2 heterocycles. The average molecular weight is 398 g/mol. The summed E-state index contributed by atoms with van der Waals surface area (Å²) < 4.78 is 24.6. The van der Waals surface area contributed by atoms with Gasteiger partial charge in [-0.15, -0.1) is 0 Å². The molecule has 0 aliphatic carbocycles. The fourth-order valence-corrected chi connectivity index (χ4v) is 3.80. The first-order valence-corrected chi connectivity index (χ1v) is 9.48. The maximum Gasteiger partial charge on any atom is 0.337 e. The first-order valence-electron chi connectivity index (χ1n) is 9.48. The summed E-state index contributed by atoms with van der Waals surface area (Å²) in [6, 6.07) is 11.6. The molecular weight excluding hydrogens is 375 g/mol. The molecular formula is C22H23FN2O4. The number of esters is 1. The van der Waals surface area contributed by atoms with Crippen molar-refractivity contribution in [2.45, 2.75) is 13.5 Å². The fraction of sp³-hybridized carbons (Fsp3) is 0.364. The van der Waals surface area contributed by atoms with Crippen LogP contribution < -0.4 is 4.90 Å². The first kappa shape index (κ1) is 19.4. The summed E-state index contributed by atoms with van der Waals surface area (Å²) in [7, 11) is 1.25. The zero-order valence-corrected chi connectivity index (χ0v) is 16.5. The average Bonchev–Trinajstić information content (AvgIpc) is 2.64. The Hall–Kier alpha value is -2.93. The van der Waals surface area contributed by atoms with E-state index in [1.807, 2.05) is 31.2 Å². The second-order valence-electron chi connectivity index (χ2n) is 7.85. The van der Waals surface area contributed by atoms with Gasteiger partial charge in [0.05, 0.1) is 37.8 Å². The molecule has 0 aromatic heterocycles. The molecule has 152 valence electrons. The quantitative estimate of drug-likeness (QED) is 0.741. The van der Waals surface area contributed by atoms with Crippen LogP contribution in [0.5, 0.6) is 0 Å². The van der Waals surface area contributed by atoms with Crippen LogP contribution >= 0.6 is 0 Å². The van der Waals surface area contributed by atoms with E-state index in [1.165, 1.54) is 19.2 Å². The zero-order valence-electron chi connectivity index (χ0n) is 16.5. The van der Waals surface area contributed by atoms with Crippen LogP contribution in [0.4, 0.5) is 14.9 Å². The Labute approximate surface area is 168 Å². The third-order valence-electron chi connectivity index (χ3n) is 5.49. The normalized spacial score (nSPS) is 16.7. The number of halogens is 1. The number of methoxy groups -OCH3 is 1. The molecule has 2 aliphatic heterocycles. The van der Waals surface area contributed by atoms with Crippen molar-refractivity contribution >= 4 is 17.7 Å². The standard InChI is InChI=1S/C22H23FN2O4/c1-15-4-3-5-18(8-15)25(21(27)24-11-22(12-24)13-29-14-22)10-17-7-6-16(9-19(17)23)20(26)28-2/h3-9H,10-14H2,1-2H3. The topological polar surface area (TPSA) is 59.1 Å². The number of benzene rings is 2. The Balaban J connectivity index is 1.59. The van der Waals surface area contributed by atoms with Gasteiger partial charge in [-0.05, 0) is 36.8 Å². The molecule has 0 saturated carbocycles. The van der Waals surface area contributed by atoms with Gasteiger partial charge < -0.3 is 14.4 Å². The van der Waals surface area contributed by atoms with Gasteiger partial charge in [0.1, 0.15) is 5.82 Å². The smallest absolute Gasteiger partial charge is 0.337 e. The number of carbonyl (C=O) groups is 2. The van der Waals surface area contributed by atoms with Crippen molar-refractivity contribution in [2.24, 2.45) is 5.41 Å². The maximum atomic E-state index is 14.7. The van der Waals surface area contributed by atoms with Crippen LogP contribution in [0, 0.1) is 18.2 Å². The molecule has 2 amide bonds. The minimum absolute atomic E-state index is 0.0651. The van der Waals surface area contributed by atoms with Gasteiger partial charge in [-0.1, -0.05) is 18.2 Å². The molecule has 6 nitrogen and oxygen atoms in total. The van der Waals surface area contributed by atoms with Crippen molar-refractivity contribution in [3.63, 3.8) is 0 Å². The Kier molecular flexibility index (Phi) is 5.00. The van der Waals surface area contributed by atoms with E-state index < -0.39 is 11.8 Å². The summed E-state index contributed by atoms with van der Waals surface area (Å²) in [6.45, 7) is 4.68. The number of nitrogens with zero attached hydrogens (tertiary/aromatic N) is 2. The van der Waals surface area contributed by atoms with E-state index in [0.29, 0.717) is 37.6 Å². The number of urea groups is 1. The Morgan fingerprint density at radius 2 is 1.97 bits per heavy atom. The van der Waals surface area contributed by atoms with Crippen molar-refractivity contribution in [3.05, 3.63) is 65.0 Å². The van der Waals surface area contributed by atoms with Gasteiger partial charge in [0, 0.05) is 24.3 Å². The SMILES string of the molecule is COC(=O)c1ccc(CN(C(=O)N2CC3(COC3)C2)c2cccc(C)c2)c(F)c1. The molecule has 2 fully saturated rings. The summed E-state index contributed by atoms with van der Waals surface area (Å²) in [5.41, 5.74) is 2.28. The number of hydrogen-bond donors (Lipinski definition) is 0. The second-order valence-corrected chi connectivity index (χ2v) is 7.85. The summed E-state index contributed by atoms with van der Waals surface area (Å²) in [4.78, 5) is 28.2. The lowest BCUT2D eigenvalue weighted by molar-refractivity contribution is -0.174. The summed E-state index contributed by atoms with van der Waals surface area (Å²) >= 11 is 0. The fourth-order valence-electron chi connectivity index (χ4n) is 3.80. The predicted octanol–water partition coefficient (Wildman–Crippen LogP) is 3.38. The lowest BCUT2D eigenvalue weighted by Gasteiger charge is -2.55. The molecule has 29 heavy (non-hydrogen) atoms. The first-order chi connectivity index (χ1) is 13.9. The molecule has 2 saturated heterocycles. The molecule has 2 aliphatic rings. The number of likely N-dealkylation sites (tertiary alicyclic amines) is 1. The largest absolute Gasteiger partial charge is 0.465 e. The highest BCUT2D eigenvalue weighted by Gasteiger charge is 2.51. The third kappa shape index (κ3) is 3.70. The van der Waals surface area contributed by atoms with Crippen molar-refractivity contribution in [1.29, 1.82) is 0 Å². The predicted molar refractivity (Wildman–Crippen MR) is 105 cm³/mol. The number of ether oxygens (including phenoxy) is 2. The van der Waals surface area contributed by atoms with Crippen LogP contribution in [-0.2, 0) is 16.0 Å². The highest BCUT2D eigenvalue weighted by atomic mass is 19.1. The van der Waals surface area contributed by atoms with Gasteiger partial charge in [-0.3, -0.25) is 4.90 Å². The number of rotatable bonds is 4. The molecule has 4 rings (SSSR count). The second kappa shape index (κ2) is 7.48. The molecule has 0 atom stereocenters. The van der Waals surface area contributed by atoms with E-state index in [2.05, 4.69) is 4.74 Å². The van der Waals surface area contributed by atoms with Crippen LogP contribution in [-0.4, -0.2) is 50.3 Å². The van der Waals surface area contributed by atoms with Crippen LogP contribution in [0.15, 0.2) is 42.5 Å².